The van der Waals surface area contributed by atoms with Crippen LogP contribution in [0.5, 0.6) is 5.75 Å². The lowest BCUT2D eigenvalue weighted by Gasteiger charge is -2.18. The molecule has 0 spiro atoms. The maximum atomic E-state index is 12.1. The van der Waals surface area contributed by atoms with Crippen molar-refractivity contribution in [2.45, 2.75) is 6.54 Å². The molecule has 0 N–H and O–H groups in total. The Hall–Kier alpha value is -2.41. The molecule has 1 amide bonds. The van der Waals surface area contributed by atoms with Crippen molar-refractivity contribution < 1.29 is 14.5 Å². The van der Waals surface area contributed by atoms with Gasteiger partial charge in [0.25, 0.3) is 5.91 Å². The van der Waals surface area contributed by atoms with Crippen LogP contribution in [0.3, 0.4) is 0 Å². The Labute approximate surface area is 142 Å². The molecule has 0 saturated carbocycles. The van der Waals surface area contributed by atoms with Crippen molar-refractivity contribution in [1.82, 2.24) is 4.90 Å². The van der Waals surface area contributed by atoms with E-state index in [0.717, 1.165) is 10.0 Å². The van der Waals surface area contributed by atoms with Crippen LogP contribution in [0.4, 0.5) is 5.69 Å². The minimum atomic E-state index is -0.537. The number of nitro benzene ring substituents is 1. The number of ether oxygens (including phenoxy) is 1. The summed E-state index contributed by atoms with van der Waals surface area (Å²) >= 11 is 3.43. The quantitative estimate of drug-likeness (QED) is 0.570. The number of rotatable bonds is 6. The molecule has 6 nitrogen and oxygen atoms in total. The zero-order valence-electron chi connectivity index (χ0n) is 12.4. The average Bonchev–Trinajstić information content (AvgIpc) is 2.54. The third-order valence-corrected chi connectivity index (χ3v) is 3.98. The van der Waals surface area contributed by atoms with Crippen LogP contribution < -0.4 is 4.74 Å². The van der Waals surface area contributed by atoms with E-state index in [1.165, 1.54) is 17.0 Å². The van der Waals surface area contributed by atoms with E-state index in [2.05, 4.69) is 15.9 Å². The first-order valence-electron chi connectivity index (χ1n) is 6.82. The predicted octanol–water partition coefficient (Wildman–Crippen LogP) is 3.39. The number of hydrogen-bond donors (Lipinski definition) is 0. The fourth-order valence-corrected chi connectivity index (χ4v) is 2.36. The van der Waals surface area contributed by atoms with Crippen molar-refractivity contribution in [3.05, 3.63) is 68.7 Å². The number of nitro groups is 1. The van der Waals surface area contributed by atoms with E-state index in [1.807, 2.05) is 24.3 Å². The summed E-state index contributed by atoms with van der Waals surface area (Å²) in [7, 11) is 1.66. The second-order valence-corrected chi connectivity index (χ2v) is 5.71. The fourth-order valence-electron chi connectivity index (χ4n) is 1.95. The molecule has 120 valence electrons. The molecule has 0 fully saturated rings. The molecule has 0 bridgehead atoms. The molecule has 0 radical (unpaired) electrons. The number of halogens is 1. The number of hydrogen-bond acceptors (Lipinski definition) is 4. The zero-order chi connectivity index (χ0) is 16.8. The van der Waals surface area contributed by atoms with Gasteiger partial charge in [0.15, 0.2) is 12.4 Å². The average molecular weight is 379 g/mol. The third-order valence-electron chi connectivity index (χ3n) is 3.20. The summed E-state index contributed by atoms with van der Waals surface area (Å²) in [6.45, 7) is 0.159. The second-order valence-electron chi connectivity index (χ2n) is 4.85. The van der Waals surface area contributed by atoms with Crippen LogP contribution in [0, 0.1) is 10.1 Å². The molecule has 0 saturated heterocycles. The Morgan fingerprint density at radius 3 is 2.57 bits per heavy atom. The Balaban J connectivity index is 1.97. The molecular weight excluding hydrogens is 364 g/mol. The number of carbonyl (C=O) groups is 1. The van der Waals surface area contributed by atoms with Gasteiger partial charge in [-0.1, -0.05) is 46.3 Å². The minimum absolute atomic E-state index is 0.0835. The summed E-state index contributed by atoms with van der Waals surface area (Å²) in [5.74, 6) is -0.181. The summed E-state index contributed by atoms with van der Waals surface area (Å²) in [6, 6.07) is 13.6. The van der Waals surface area contributed by atoms with Crippen LogP contribution in [0.15, 0.2) is 53.0 Å². The molecule has 0 heterocycles. The van der Waals surface area contributed by atoms with Gasteiger partial charge in [0.05, 0.1) is 4.92 Å². The van der Waals surface area contributed by atoms with Crippen molar-refractivity contribution in [1.29, 1.82) is 0 Å². The smallest absolute Gasteiger partial charge is 0.310 e. The fraction of sp³-hybridized carbons (Fsp3) is 0.188. The summed E-state index contributed by atoms with van der Waals surface area (Å²) in [5, 5.41) is 10.9. The lowest BCUT2D eigenvalue weighted by atomic mass is 10.2. The van der Waals surface area contributed by atoms with Gasteiger partial charge in [-0.15, -0.1) is 0 Å². The monoisotopic (exact) mass is 378 g/mol. The molecule has 0 atom stereocenters. The van der Waals surface area contributed by atoms with E-state index < -0.39 is 4.92 Å². The van der Waals surface area contributed by atoms with Crippen molar-refractivity contribution in [3.8, 4) is 5.75 Å². The summed E-state index contributed by atoms with van der Waals surface area (Å²) < 4.78 is 6.22. The Bertz CT molecular complexity index is 721. The van der Waals surface area contributed by atoms with E-state index >= 15 is 0 Å². The van der Waals surface area contributed by atoms with Crippen LogP contribution in [0.2, 0.25) is 0 Å². The van der Waals surface area contributed by atoms with Gasteiger partial charge in [-0.05, 0) is 17.7 Å². The predicted molar refractivity (Wildman–Crippen MR) is 89.2 cm³/mol. The number of benzene rings is 2. The van der Waals surface area contributed by atoms with Gasteiger partial charge in [-0.3, -0.25) is 14.9 Å². The number of likely N-dealkylation sites (N-methyl/N-ethyl adjacent to an activating group) is 1. The van der Waals surface area contributed by atoms with Crippen LogP contribution in [-0.4, -0.2) is 29.4 Å². The first kappa shape index (κ1) is 17.0. The van der Waals surface area contributed by atoms with E-state index in [0.29, 0.717) is 6.54 Å². The lowest BCUT2D eigenvalue weighted by Crippen LogP contribution is -2.31. The maximum absolute atomic E-state index is 12.1. The van der Waals surface area contributed by atoms with Gasteiger partial charge in [-0.2, -0.15) is 0 Å². The number of para-hydroxylation sites is 2. The standard InChI is InChI=1S/C16H15BrN2O4/c1-18(10-12-6-2-3-7-13(12)17)16(20)11-23-15-9-5-4-8-14(15)19(21)22/h2-9H,10-11H2,1H3. The highest BCUT2D eigenvalue weighted by atomic mass is 79.9. The lowest BCUT2D eigenvalue weighted by molar-refractivity contribution is -0.385. The summed E-state index contributed by atoms with van der Waals surface area (Å²) in [6.07, 6.45) is 0. The molecule has 0 unspecified atom stereocenters. The van der Waals surface area contributed by atoms with Crippen molar-refractivity contribution in [3.63, 3.8) is 0 Å². The van der Waals surface area contributed by atoms with Crippen LogP contribution in [0.25, 0.3) is 0 Å². The van der Waals surface area contributed by atoms with Crippen LogP contribution in [0.1, 0.15) is 5.56 Å². The molecule has 2 aromatic rings. The van der Waals surface area contributed by atoms with E-state index in [-0.39, 0.29) is 24.0 Å². The SMILES string of the molecule is CN(Cc1ccccc1Br)C(=O)COc1ccccc1[N+](=O)[O-]. The zero-order valence-corrected chi connectivity index (χ0v) is 14.0. The van der Waals surface area contributed by atoms with E-state index in [4.69, 9.17) is 4.74 Å². The normalized spacial score (nSPS) is 10.2. The van der Waals surface area contributed by atoms with Gasteiger partial charge in [0.1, 0.15) is 0 Å². The molecular formula is C16H15BrN2O4. The molecule has 0 aromatic heterocycles. The maximum Gasteiger partial charge on any atom is 0.310 e. The van der Waals surface area contributed by atoms with Crippen molar-refractivity contribution >= 4 is 27.5 Å². The van der Waals surface area contributed by atoms with Gasteiger partial charge >= 0.3 is 5.69 Å². The molecule has 23 heavy (non-hydrogen) atoms. The van der Waals surface area contributed by atoms with Crippen LogP contribution >= 0.6 is 15.9 Å². The van der Waals surface area contributed by atoms with Gasteiger partial charge in [-0.25, -0.2) is 0 Å². The van der Waals surface area contributed by atoms with Gasteiger partial charge in [0, 0.05) is 24.1 Å². The molecule has 2 rings (SSSR count). The van der Waals surface area contributed by atoms with Gasteiger partial charge in [0.2, 0.25) is 0 Å². The second kappa shape index (κ2) is 7.73. The van der Waals surface area contributed by atoms with Crippen molar-refractivity contribution in [2.24, 2.45) is 0 Å². The third kappa shape index (κ3) is 4.53. The van der Waals surface area contributed by atoms with Gasteiger partial charge < -0.3 is 9.64 Å². The Kier molecular flexibility index (Phi) is 5.70. The summed E-state index contributed by atoms with van der Waals surface area (Å²) in [4.78, 5) is 24.0. The Morgan fingerprint density at radius 1 is 1.22 bits per heavy atom. The van der Waals surface area contributed by atoms with E-state index in [1.54, 1.807) is 19.2 Å². The van der Waals surface area contributed by atoms with Crippen molar-refractivity contribution in [2.75, 3.05) is 13.7 Å². The first-order chi connectivity index (χ1) is 11.0. The largest absolute Gasteiger partial charge is 0.477 e. The molecule has 0 aliphatic heterocycles. The molecule has 0 aliphatic rings. The first-order valence-corrected chi connectivity index (χ1v) is 7.62. The van der Waals surface area contributed by atoms with E-state index in [9.17, 15) is 14.9 Å². The number of amides is 1. The topological polar surface area (TPSA) is 72.7 Å². The minimum Gasteiger partial charge on any atom is -0.477 e. The Morgan fingerprint density at radius 2 is 1.87 bits per heavy atom. The van der Waals surface area contributed by atoms with Crippen LogP contribution in [-0.2, 0) is 11.3 Å². The molecule has 7 heteroatoms. The molecule has 0 aliphatic carbocycles. The summed E-state index contributed by atoms with van der Waals surface area (Å²) in [5.41, 5.74) is 0.808. The highest BCUT2D eigenvalue weighted by molar-refractivity contribution is 9.10. The highest BCUT2D eigenvalue weighted by Gasteiger charge is 2.17. The highest BCUT2D eigenvalue weighted by Crippen LogP contribution is 2.25. The number of nitrogens with zero attached hydrogens (tertiary/aromatic N) is 2. The number of carbonyl (C=O) groups excluding carboxylic acids is 1. The molecule has 2 aromatic carbocycles.